The molecule has 0 bridgehead atoms. The maximum Gasteiger partial charge on any atom is 0.130 e. The molecule has 2 heteroatoms. The summed E-state index contributed by atoms with van der Waals surface area (Å²) in [6, 6.07) is 8.10. The van der Waals surface area contributed by atoms with Crippen LogP contribution in [0.15, 0.2) is 24.3 Å². The van der Waals surface area contributed by atoms with Gasteiger partial charge in [0.2, 0.25) is 0 Å². The monoisotopic (exact) mass is 215 g/mol. The zero-order valence-electron chi connectivity index (χ0n) is 9.70. The van der Waals surface area contributed by atoms with Crippen molar-refractivity contribution in [3.63, 3.8) is 0 Å². The number of rotatable bonds is 4. The summed E-state index contributed by atoms with van der Waals surface area (Å²) >= 11 is 0. The highest BCUT2D eigenvalue weighted by Gasteiger charge is 2.22. The molecule has 0 spiro atoms. The minimum Gasteiger partial charge on any atom is -0.366 e. The third kappa shape index (κ3) is 2.02. The molecule has 0 amide bonds. The molecule has 1 heterocycles. The first-order chi connectivity index (χ1) is 7.86. The van der Waals surface area contributed by atoms with Crippen LogP contribution in [0.3, 0.4) is 0 Å². The van der Waals surface area contributed by atoms with Crippen molar-refractivity contribution in [1.82, 2.24) is 0 Å². The Hall–Kier alpha value is -1.53. The van der Waals surface area contributed by atoms with Gasteiger partial charge in [0.1, 0.15) is 5.94 Å². The standard InChI is InChI=1S/C14H17NO/c1-2-3-6-9-15-10-12(11-16)13-7-4-5-8-14(13)15/h4-5,7-8H,2-3,6,9-10H2,1H3. The van der Waals surface area contributed by atoms with Crippen molar-refractivity contribution < 1.29 is 4.79 Å². The molecule has 0 saturated heterocycles. The number of carbonyl (C=O) groups excluding carboxylic acids is 1. The molecule has 1 aromatic carbocycles. The van der Waals surface area contributed by atoms with Gasteiger partial charge < -0.3 is 4.90 Å². The minimum absolute atomic E-state index is 0.729. The first kappa shape index (κ1) is 11.0. The molecule has 2 nitrogen and oxygen atoms in total. The third-order valence-corrected chi connectivity index (χ3v) is 3.07. The fourth-order valence-corrected chi connectivity index (χ4v) is 2.21. The average Bonchev–Trinajstić information content (AvgIpc) is 2.68. The Kier molecular flexibility index (Phi) is 3.43. The van der Waals surface area contributed by atoms with Crippen LogP contribution in [0, 0.1) is 0 Å². The van der Waals surface area contributed by atoms with Crippen molar-refractivity contribution >= 4 is 17.2 Å². The molecule has 1 aromatic rings. The highest BCUT2D eigenvalue weighted by molar-refractivity contribution is 5.98. The third-order valence-electron chi connectivity index (χ3n) is 3.07. The van der Waals surface area contributed by atoms with Crippen LogP contribution in [0.5, 0.6) is 0 Å². The topological polar surface area (TPSA) is 20.3 Å². The maximum absolute atomic E-state index is 10.9. The van der Waals surface area contributed by atoms with Crippen molar-refractivity contribution in [3.8, 4) is 0 Å². The van der Waals surface area contributed by atoms with Gasteiger partial charge in [-0.2, -0.15) is 0 Å². The van der Waals surface area contributed by atoms with E-state index in [2.05, 4.69) is 23.8 Å². The Morgan fingerprint density at radius 3 is 2.88 bits per heavy atom. The van der Waals surface area contributed by atoms with E-state index in [1.165, 1.54) is 24.9 Å². The van der Waals surface area contributed by atoms with Gasteiger partial charge in [-0.3, -0.25) is 0 Å². The zero-order valence-corrected chi connectivity index (χ0v) is 9.70. The Labute approximate surface area is 96.6 Å². The average molecular weight is 215 g/mol. The molecule has 0 saturated carbocycles. The summed E-state index contributed by atoms with van der Waals surface area (Å²) in [4.78, 5) is 13.1. The van der Waals surface area contributed by atoms with Crippen molar-refractivity contribution in [2.24, 2.45) is 0 Å². The maximum atomic E-state index is 10.9. The zero-order chi connectivity index (χ0) is 11.4. The fourth-order valence-electron chi connectivity index (χ4n) is 2.21. The summed E-state index contributed by atoms with van der Waals surface area (Å²) in [6.45, 7) is 3.97. The smallest absolute Gasteiger partial charge is 0.130 e. The molecular weight excluding hydrogens is 198 g/mol. The predicted molar refractivity (Wildman–Crippen MR) is 67.3 cm³/mol. The Morgan fingerprint density at radius 1 is 1.31 bits per heavy atom. The van der Waals surface area contributed by atoms with Gasteiger partial charge in [0.25, 0.3) is 0 Å². The largest absolute Gasteiger partial charge is 0.366 e. The Morgan fingerprint density at radius 2 is 2.12 bits per heavy atom. The molecule has 84 valence electrons. The van der Waals surface area contributed by atoms with E-state index in [1.807, 2.05) is 18.2 Å². The van der Waals surface area contributed by atoms with Crippen LogP contribution >= 0.6 is 0 Å². The lowest BCUT2D eigenvalue weighted by atomic mass is 10.1. The van der Waals surface area contributed by atoms with Gasteiger partial charge in [-0.1, -0.05) is 38.0 Å². The van der Waals surface area contributed by atoms with Gasteiger partial charge in [-0.05, 0) is 12.5 Å². The first-order valence-electron chi connectivity index (χ1n) is 5.95. The molecular formula is C14H17NO. The van der Waals surface area contributed by atoms with E-state index >= 15 is 0 Å². The molecule has 0 aliphatic carbocycles. The van der Waals surface area contributed by atoms with Gasteiger partial charge in [0, 0.05) is 17.8 Å². The summed E-state index contributed by atoms with van der Waals surface area (Å²) in [5.41, 5.74) is 3.05. The lowest BCUT2D eigenvalue weighted by molar-refractivity contribution is 0.569. The summed E-state index contributed by atoms with van der Waals surface area (Å²) in [5, 5.41) is 0. The van der Waals surface area contributed by atoms with Crippen molar-refractivity contribution in [2.45, 2.75) is 26.2 Å². The molecule has 1 aliphatic heterocycles. The fraction of sp³-hybridized carbons (Fsp3) is 0.429. The summed E-state index contributed by atoms with van der Waals surface area (Å²) in [5.74, 6) is 2.07. The lowest BCUT2D eigenvalue weighted by Crippen LogP contribution is -2.21. The normalized spacial score (nSPS) is 13.8. The Bertz CT molecular complexity index is 418. The van der Waals surface area contributed by atoms with Gasteiger partial charge in [-0.15, -0.1) is 0 Å². The van der Waals surface area contributed by atoms with E-state index in [0.717, 1.165) is 24.2 Å². The molecule has 0 fully saturated rings. The van der Waals surface area contributed by atoms with Gasteiger partial charge in [-0.25, -0.2) is 4.79 Å². The van der Waals surface area contributed by atoms with Crippen molar-refractivity contribution in [1.29, 1.82) is 0 Å². The highest BCUT2D eigenvalue weighted by atomic mass is 16.1. The second-order valence-corrected chi connectivity index (χ2v) is 4.23. The first-order valence-corrected chi connectivity index (χ1v) is 5.95. The number of hydrogen-bond donors (Lipinski definition) is 0. The van der Waals surface area contributed by atoms with E-state index in [9.17, 15) is 4.79 Å². The van der Waals surface area contributed by atoms with E-state index in [-0.39, 0.29) is 0 Å². The van der Waals surface area contributed by atoms with Gasteiger partial charge in [0.05, 0.1) is 12.1 Å². The van der Waals surface area contributed by atoms with E-state index < -0.39 is 0 Å². The predicted octanol–water partition coefficient (Wildman–Crippen LogP) is 2.91. The molecule has 0 aromatic heterocycles. The van der Waals surface area contributed by atoms with E-state index in [1.54, 1.807) is 0 Å². The van der Waals surface area contributed by atoms with Crippen LogP contribution in [-0.4, -0.2) is 19.0 Å². The summed E-state index contributed by atoms with van der Waals surface area (Å²) in [6.07, 6.45) is 3.67. The van der Waals surface area contributed by atoms with Crippen LogP contribution in [0.2, 0.25) is 0 Å². The molecule has 0 radical (unpaired) electrons. The van der Waals surface area contributed by atoms with Gasteiger partial charge in [0.15, 0.2) is 0 Å². The van der Waals surface area contributed by atoms with E-state index in [4.69, 9.17) is 0 Å². The molecule has 0 atom stereocenters. The number of unbranched alkanes of at least 4 members (excludes halogenated alkanes) is 2. The van der Waals surface area contributed by atoms with Crippen LogP contribution in [-0.2, 0) is 4.79 Å². The van der Waals surface area contributed by atoms with Crippen molar-refractivity contribution in [2.75, 3.05) is 18.0 Å². The summed E-state index contributed by atoms with van der Waals surface area (Å²) < 4.78 is 0. The summed E-state index contributed by atoms with van der Waals surface area (Å²) in [7, 11) is 0. The van der Waals surface area contributed by atoms with Crippen molar-refractivity contribution in [3.05, 3.63) is 29.8 Å². The van der Waals surface area contributed by atoms with Crippen LogP contribution in [0.1, 0.15) is 31.7 Å². The molecule has 1 aliphatic rings. The number of anilines is 1. The number of benzene rings is 1. The number of para-hydroxylation sites is 1. The minimum atomic E-state index is 0.729. The molecule has 0 unspecified atom stereocenters. The van der Waals surface area contributed by atoms with Crippen LogP contribution in [0.25, 0.3) is 5.57 Å². The van der Waals surface area contributed by atoms with E-state index in [0.29, 0.717) is 0 Å². The SMILES string of the molecule is CCCCCN1CC(=C=O)c2ccccc21. The van der Waals surface area contributed by atoms with Gasteiger partial charge >= 0.3 is 0 Å². The molecule has 0 N–H and O–H groups in total. The number of hydrogen-bond acceptors (Lipinski definition) is 2. The Balaban J connectivity index is 2.16. The highest BCUT2D eigenvalue weighted by Crippen LogP contribution is 2.33. The molecule has 2 rings (SSSR count). The lowest BCUT2D eigenvalue weighted by Gasteiger charge is -2.18. The number of nitrogens with zero attached hydrogens (tertiary/aromatic N) is 1. The second-order valence-electron chi connectivity index (χ2n) is 4.23. The quantitative estimate of drug-likeness (QED) is 0.568. The van der Waals surface area contributed by atoms with Crippen LogP contribution in [0.4, 0.5) is 5.69 Å². The number of fused-ring (bicyclic) bond motifs is 1. The van der Waals surface area contributed by atoms with Crippen LogP contribution < -0.4 is 4.90 Å². The second kappa shape index (κ2) is 5.00. The molecule has 16 heavy (non-hydrogen) atoms.